The van der Waals surface area contributed by atoms with Gasteiger partial charge in [0.1, 0.15) is 0 Å². The van der Waals surface area contributed by atoms with Crippen LogP contribution in [0.25, 0.3) is 11.4 Å². The van der Waals surface area contributed by atoms with Gasteiger partial charge in [0, 0.05) is 10.6 Å². The Hall–Kier alpha value is -1.92. The van der Waals surface area contributed by atoms with Gasteiger partial charge in [-0.05, 0) is 26.0 Å². The molecule has 2 rings (SSSR count). The summed E-state index contributed by atoms with van der Waals surface area (Å²) in [6, 6.07) is 7.11. The van der Waals surface area contributed by atoms with Gasteiger partial charge in [-0.2, -0.15) is 4.98 Å². The molecule has 0 aliphatic carbocycles. The number of aromatic nitrogens is 2. The van der Waals surface area contributed by atoms with E-state index in [2.05, 4.69) is 15.5 Å². The van der Waals surface area contributed by atoms with Crippen molar-refractivity contribution in [2.45, 2.75) is 25.9 Å². The lowest BCUT2D eigenvalue weighted by Crippen LogP contribution is -2.48. The van der Waals surface area contributed by atoms with E-state index < -0.39 is 5.54 Å². The van der Waals surface area contributed by atoms with Crippen molar-refractivity contribution >= 4 is 17.5 Å². The molecule has 0 fully saturated rings. The Labute approximate surface area is 121 Å². The predicted octanol–water partition coefficient (Wildman–Crippen LogP) is 1.74. The number of hydrogen-bond acceptors (Lipinski definition) is 5. The van der Waals surface area contributed by atoms with Crippen molar-refractivity contribution in [3.8, 4) is 11.4 Å². The van der Waals surface area contributed by atoms with E-state index in [9.17, 15) is 4.79 Å². The normalized spacial score (nSPS) is 11.4. The minimum Gasteiger partial charge on any atom is -0.345 e. The maximum atomic E-state index is 11.6. The number of carbonyl (C=O) groups is 1. The molecular formula is C13H15ClN4O2. The fourth-order valence-corrected chi connectivity index (χ4v) is 1.65. The van der Waals surface area contributed by atoms with E-state index in [0.717, 1.165) is 5.56 Å². The van der Waals surface area contributed by atoms with Crippen LogP contribution in [0.2, 0.25) is 5.02 Å². The molecule has 1 aromatic carbocycles. The average Bonchev–Trinajstić information content (AvgIpc) is 2.83. The maximum absolute atomic E-state index is 11.6. The molecule has 0 bridgehead atoms. The maximum Gasteiger partial charge on any atom is 0.246 e. The number of amides is 1. The summed E-state index contributed by atoms with van der Waals surface area (Å²) in [6.07, 6.45) is 0. The van der Waals surface area contributed by atoms with Crippen LogP contribution in [0.4, 0.5) is 0 Å². The number of nitrogens with zero attached hydrogens (tertiary/aromatic N) is 2. The zero-order valence-electron chi connectivity index (χ0n) is 11.2. The summed E-state index contributed by atoms with van der Waals surface area (Å²) in [4.78, 5) is 15.8. The van der Waals surface area contributed by atoms with Crippen molar-refractivity contribution in [1.82, 2.24) is 15.5 Å². The SMILES string of the molecule is CC(C)(N)C(=O)NCc1nc(-c2cccc(Cl)c2)no1. The van der Waals surface area contributed by atoms with Crippen molar-refractivity contribution in [2.75, 3.05) is 0 Å². The van der Waals surface area contributed by atoms with Crippen LogP contribution in [-0.2, 0) is 11.3 Å². The second-order valence-corrected chi connectivity index (χ2v) is 5.36. The Morgan fingerprint density at radius 2 is 2.25 bits per heavy atom. The molecule has 0 aliphatic rings. The summed E-state index contributed by atoms with van der Waals surface area (Å²) in [5.74, 6) is 0.432. The van der Waals surface area contributed by atoms with Gasteiger partial charge < -0.3 is 15.6 Å². The third-order valence-corrected chi connectivity index (χ3v) is 2.77. The number of nitrogens with two attached hydrogens (primary N) is 1. The molecule has 0 saturated heterocycles. The highest BCUT2D eigenvalue weighted by atomic mass is 35.5. The number of carbonyl (C=O) groups excluding carboxylic acids is 1. The molecule has 1 aromatic heterocycles. The molecular weight excluding hydrogens is 280 g/mol. The zero-order valence-corrected chi connectivity index (χ0v) is 11.9. The van der Waals surface area contributed by atoms with Crippen LogP contribution >= 0.6 is 11.6 Å². The molecule has 3 N–H and O–H groups in total. The van der Waals surface area contributed by atoms with Gasteiger partial charge in [0.25, 0.3) is 0 Å². The summed E-state index contributed by atoms with van der Waals surface area (Å²) >= 11 is 5.90. The number of nitrogens with one attached hydrogen (secondary N) is 1. The highest BCUT2D eigenvalue weighted by Gasteiger charge is 2.22. The Bertz CT molecular complexity index is 619. The van der Waals surface area contributed by atoms with E-state index in [1.165, 1.54) is 0 Å². The summed E-state index contributed by atoms with van der Waals surface area (Å²) in [6.45, 7) is 3.37. The second-order valence-electron chi connectivity index (χ2n) is 4.93. The van der Waals surface area contributed by atoms with Crippen molar-refractivity contribution in [3.05, 3.63) is 35.2 Å². The molecule has 0 radical (unpaired) electrons. The van der Waals surface area contributed by atoms with Gasteiger partial charge in [-0.15, -0.1) is 0 Å². The molecule has 0 spiro atoms. The van der Waals surface area contributed by atoms with Crippen LogP contribution < -0.4 is 11.1 Å². The first kappa shape index (κ1) is 14.5. The summed E-state index contributed by atoms with van der Waals surface area (Å²) in [5, 5.41) is 7.06. The van der Waals surface area contributed by atoms with Crippen LogP contribution in [0.3, 0.4) is 0 Å². The van der Waals surface area contributed by atoms with Gasteiger partial charge in [0.05, 0.1) is 12.1 Å². The topological polar surface area (TPSA) is 94.0 Å². The number of benzene rings is 1. The highest BCUT2D eigenvalue weighted by molar-refractivity contribution is 6.30. The molecule has 0 aliphatic heterocycles. The fourth-order valence-electron chi connectivity index (χ4n) is 1.46. The Kier molecular flexibility index (Phi) is 4.06. The van der Waals surface area contributed by atoms with E-state index in [0.29, 0.717) is 16.7 Å². The third-order valence-electron chi connectivity index (χ3n) is 2.54. The lowest BCUT2D eigenvalue weighted by atomic mass is 10.1. The van der Waals surface area contributed by atoms with E-state index in [1.54, 1.807) is 32.0 Å². The molecule has 1 heterocycles. The number of rotatable bonds is 4. The number of halogens is 1. The fraction of sp³-hybridized carbons (Fsp3) is 0.308. The lowest BCUT2D eigenvalue weighted by Gasteiger charge is -2.16. The van der Waals surface area contributed by atoms with Gasteiger partial charge in [0.15, 0.2) is 0 Å². The molecule has 2 aromatic rings. The minimum absolute atomic E-state index is 0.132. The molecule has 0 atom stereocenters. The summed E-state index contributed by atoms with van der Waals surface area (Å²) in [7, 11) is 0. The van der Waals surface area contributed by atoms with E-state index in [1.807, 2.05) is 6.07 Å². The zero-order chi connectivity index (χ0) is 14.8. The van der Waals surface area contributed by atoms with Crippen LogP contribution in [0.15, 0.2) is 28.8 Å². The first-order chi connectivity index (χ1) is 9.36. The van der Waals surface area contributed by atoms with E-state index in [4.69, 9.17) is 21.9 Å². The standard InChI is InChI=1S/C13H15ClN4O2/c1-13(2,15)12(19)16-7-10-17-11(18-20-10)8-4-3-5-9(14)6-8/h3-6H,7,15H2,1-2H3,(H,16,19). The molecule has 106 valence electrons. The third kappa shape index (κ3) is 3.55. The first-order valence-corrected chi connectivity index (χ1v) is 6.40. The van der Waals surface area contributed by atoms with Crippen molar-refractivity contribution in [1.29, 1.82) is 0 Å². The van der Waals surface area contributed by atoms with Crippen LogP contribution in [0, 0.1) is 0 Å². The monoisotopic (exact) mass is 294 g/mol. The average molecular weight is 295 g/mol. The predicted molar refractivity (Wildman–Crippen MR) is 74.9 cm³/mol. The first-order valence-electron chi connectivity index (χ1n) is 6.02. The van der Waals surface area contributed by atoms with Crippen molar-refractivity contribution < 1.29 is 9.32 Å². The smallest absolute Gasteiger partial charge is 0.246 e. The lowest BCUT2D eigenvalue weighted by molar-refractivity contribution is -0.125. The van der Waals surface area contributed by atoms with Crippen LogP contribution in [-0.4, -0.2) is 21.6 Å². The largest absolute Gasteiger partial charge is 0.345 e. The molecule has 7 heteroatoms. The quantitative estimate of drug-likeness (QED) is 0.896. The highest BCUT2D eigenvalue weighted by Crippen LogP contribution is 2.19. The molecule has 0 unspecified atom stereocenters. The van der Waals surface area contributed by atoms with E-state index >= 15 is 0 Å². The van der Waals surface area contributed by atoms with Gasteiger partial charge >= 0.3 is 0 Å². The van der Waals surface area contributed by atoms with Crippen molar-refractivity contribution in [3.63, 3.8) is 0 Å². The molecule has 6 nitrogen and oxygen atoms in total. The Morgan fingerprint density at radius 1 is 1.50 bits per heavy atom. The minimum atomic E-state index is -0.949. The van der Waals surface area contributed by atoms with Gasteiger partial charge in [0.2, 0.25) is 17.6 Å². The van der Waals surface area contributed by atoms with Gasteiger partial charge in [-0.3, -0.25) is 4.79 Å². The molecule has 20 heavy (non-hydrogen) atoms. The molecule has 1 amide bonds. The Morgan fingerprint density at radius 3 is 2.90 bits per heavy atom. The summed E-state index contributed by atoms with van der Waals surface area (Å²) < 4.78 is 5.06. The molecule has 0 saturated carbocycles. The van der Waals surface area contributed by atoms with Crippen molar-refractivity contribution in [2.24, 2.45) is 5.73 Å². The van der Waals surface area contributed by atoms with Crippen LogP contribution in [0.5, 0.6) is 0 Å². The second kappa shape index (κ2) is 5.60. The van der Waals surface area contributed by atoms with Gasteiger partial charge in [-0.25, -0.2) is 0 Å². The van der Waals surface area contributed by atoms with Crippen LogP contribution in [0.1, 0.15) is 19.7 Å². The summed E-state index contributed by atoms with van der Waals surface area (Å²) in [5.41, 5.74) is 5.46. The van der Waals surface area contributed by atoms with E-state index in [-0.39, 0.29) is 12.5 Å². The van der Waals surface area contributed by atoms with Gasteiger partial charge in [-0.1, -0.05) is 28.9 Å². The Balaban J connectivity index is 2.05. The number of hydrogen-bond donors (Lipinski definition) is 2.